The average Bonchev–Trinajstić information content (AvgIpc) is 3.04. The Labute approximate surface area is 158 Å². The van der Waals surface area contributed by atoms with Crippen LogP contribution in [0.25, 0.3) is 10.9 Å². The number of carbonyl (C=O) groups excluding carboxylic acids is 2. The lowest BCUT2D eigenvalue weighted by Crippen LogP contribution is -2.41. The molecule has 3 aromatic rings. The zero-order valence-corrected chi connectivity index (χ0v) is 15.8. The SMILES string of the molecule is CC(C)(C)NC(=O)c1cc(C(=O)NCCc2c[nH]c3ccccc23)ccn1. The van der Waals surface area contributed by atoms with Gasteiger partial charge in [0.05, 0.1) is 0 Å². The number of H-pyrrole nitrogens is 1. The number of nitrogens with zero attached hydrogens (tertiary/aromatic N) is 1. The van der Waals surface area contributed by atoms with E-state index in [0.717, 1.165) is 22.9 Å². The molecule has 2 aromatic heterocycles. The fourth-order valence-electron chi connectivity index (χ4n) is 2.85. The van der Waals surface area contributed by atoms with Gasteiger partial charge in [0, 0.05) is 40.9 Å². The van der Waals surface area contributed by atoms with E-state index in [4.69, 9.17) is 0 Å². The second-order valence-corrected chi connectivity index (χ2v) is 7.50. The monoisotopic (exact) mass is 364 g/mol. The van der Waals surface area contributed by atoms with Crippen molar-refractivity contribution in [3.63, 3.8) is 0 Å². The predicted molar refractivity (Wildman–Crippen MR) is 106 cm³/mol. The summed E-state index contributed by atoms with van der Waals surface area (Å²) in [5.74, 6) is -0.516. The summed E-state index contributed by atoms with van der Waals surface area (Å²) in [6.07, 6.45) is 4.17. The molecular formula is C21H24N4O2. The van der Waals surface area contributed by atoms with Gasteiger partial charge in [-0.1, -0.05) is 18.2 Å². The van der Waals surface area contributed by atoms with E-state index in [-0.39, 0.29) is 23.0 Å². The summed E-state index contributed by atoms with van der Waals surface area (Å²) in [6.45, 7) is 6.19. The van der Waals surface area contributed by atoms with Crippen LogP contribution in [-0.2, 0) is 6.42 Å². The Balaban J connectivity index is 1.61. The summed E-state index contributed by atoms with van der Waals surface area (Å²) in [5.41, 5.74) is 2.53. The minimum Gasteiger partial charge on any atom is -0.361 e. The largest absolute Gasteiger partial charge is 0.361 e. The molecule has 0 radical (unpaired) electrons. The molecule has 0 saturated heterocycles. The van der Waals surface area contributed by atoms with Gasteiger partial charge in [-0.15, -0.1) is 0 Å². The summed E-state index contributed by atoms with van der Waals surface area (Å²) in [4.78, 5) is 31.9. The fourth-order valence-corrected chi connectivity index (χ4v) is 2.85. The maximum atomic E-state index is 12.4. The van der Waals surface area contributed by atoms with Gasteiger partial charge in [-0.05, 0) is 51.0 Å². The molecule has 3 N–H and O–H groups in total. The molecule has 1 aromatic carbocycles. The molecule has 6 nitrogen and oxygen atoms in total. The summed E-state index contributed by atoms with van der Waals surface area (Å²) < 4.78 is 0. The predicted octanol–water partition coefficient (Wildman–Crippen LogP) is 3.06. The Hall–Kier alpha value is -3.15. The number of benzene rings is 1. The van der Waals surface area contributed by atoms with Crippen molar-refractivity contribution in [2.75, 3.05) is 6.54 Å². The first kappa shape index (κ1) is 18.6. The van der Waals surface area contributed by atoms with Crippen molar-refractivity contribution in [3.8, 4) is 0 Å². The number of amides is 2. The summed E-state index contributed by atoms with van der Waals surface area (Å²) in [7, 11) is 0. The Morgan fingerprint density at radius 1 is 1.11 bits per heavy atom. The molecule has 27 heavy (non-hydrogen) atoms. The molecule has 0 atom stereocenters. The van der Waals surface area contributed by atoms with E-state index < -0.39 is 0 Å². The Bertz CT molecular complexity index is 969. The average molecular weight is 364 g/mol. The molecule has 0 aliphatic heterocycles. The summed E-state index contributed by atoms with van der Waals surface area (Å²) in [6, 6.07) is 11.2. The van der Waals surface area contributed by atoms with Crippen molar-refractivity contribution >= 4 is 22.7 Å². The number of para-hydroxylation sites is 1. The molecule has 2 amide bonds. The van der Waals surface area contributed by atoms with Crippen LogP contribution in [0, 0.1) is 0 Å². The lowest BCUT2D eigenvalue weighted by molar-refractivity contribution is 0.0914. The number of carbonyl (C=O) groups is 2. The van der Waals surface area contributed by atoms with Gasteiger partial charge < -0.3 is 15.6 Å². The van der Waals surface area contributed by atoms with E-state index in [1.807, 2.05) is 45.2 Å². The number of hydrogen-bond acceptors (Lipinski definition) is 3. The summed E-state index contributed by atoms with van der Waals surface area (Å²) in [5, 5.41) is 6.91. The van der Waals surface area contributed by atoms with Gasteiger partial charge in [0.25, 0.3) is 11.8 Å². The van der Waals surface area contributed by atoms with E-state index in [1.165, 1.54) is 12.3 Å². The molecule has 6 heteroatoms. The fraction of sp³-hybridized carbons (Fsp3) is 0.286. The van der Waals surface area contributed by atoms with Crippen LogP contribution in [0.1, 0.15) is 47.2 Å². The third-order valence-electron chi connectivity index (χ3n) is 4.10. The van der Waals surface area contributed by atoms with Gasteiger partial charge in [0.1, 0.15) is 5.69 Å². The minimum absolute atomic E-state index is 0.220. The van der Waals surface area contributed by atoms with Gasteiger partial charge in [-0.3, -0.25) is 14.6 Å². The molecule has 140 valence electrons. The second-order valence-electron chi connectivity index (χ2n) is 7.50. The zero-order valence-electron chi connectivity index (χ0n) is 15.8. The molecule has 0 unspecified atom stereocenters. The highest BCUT2D eigenvalue weighted by molar-refractivity contribution is 5.98. The normalized spacial score (nSPS) is 11.4. The molecule has 0 bridgehead atoms. The molecule has 0 saturated carbocycles. The maximum Gasteiger partial charge on any atom is 0.270 e. The van der Waals surface area contributed by atoms with Crippen molar-refractivity contribution in [2.45, 2.75) is 32.7 Å². The van der Waals surface area contributed by atoms with E-state index in [9.17, 15) is 9.59 Å². The number of nitrogens with one attached hydrogen (secondary N) is 3. The van der Waals surface area contributed by atoms with E-state index in [2.05, 4.69) is 26.7 Å². The van der Waals surface area contributed by atoms with Crippen molar-refractivity contribution in [2.24, 2.45) is 0 Å². The molecular weight excluding hydrogens is 340 g/mol. The smallest absolute Gasteiger partial charge is 0.270 e. The first-order valence-corrected chi connectivity index (χ1v) is 8.95. The Kier molecular flexibility index (Phi) is 5.26. The highest BCUT2D eigenvalue weighted by Gasteiger charge is 2.17. The van der Waals surface area contributed by atoms with Gasteiger partial charge in [0.15, 0.2) is 0 Å². The van der Waals surface area contributed by atoms with E-state index >= 15 is 0 Å². The highest BCUT2D eigenvalue weighted by Crippen LogP contribution is 2.17. The molecule has 0 spiro atoms. The lowest BCUT2D eigenvalue weighted by atomic mass is 10.1. The maximum absolute atomic E-state index is 12.4. The topological polar surface area (TPSA) is 86.9 Å². The van der Waals surface area contributed by atoms with Gasteiger partial charge >= 0.3 is 0 Å². The van der Waals surface area contributed by atoms with Gasteiger partial charge in [-0.25, -0.2) is 0 Å². The Morgan fingerprint density at radius 2 is 1.89 bits per heavy atom. The van der Waals surface area contributed by atoms with Crippen LogP contribution in [0.4, 0.5) is 0 Å². The quantitative estimate of drug-likeness (QED) is 0.650. The van der Waals surface area contributed by atoms with Crippen LogP contribution in [0.5, 0.6) is 0 Å². The number of fused-ring (bicyclic) bond motifs is 1. The van der Waals surface area contributed by atoms with Gasteiger partial charge in [0.2, 0.25) is 0 Å². The number of aromatic nitrogens is 2. The standard InChI is InChI=1S/C21H24N4O2/c1-21(2,3)25-20(27)18-12-14(8-10-22-18)19(26)23-11-9-15-13-24-17-7-5-4-6-16(15)17/h4-8,10,12-13,24H,9,11H2,1-3H3,(H,23,26)(H,25,27). The molecule has 0 aliphatic carbocycles. The number of rotatable bonds is 5. The second kappa shape index (κ2) is 7.61. The molecule has 0 fully saturated rings. The third-order valence-corrected chi connectivity index (χ3v) is 4.10. The van der Waals surface area contributed by atoms with Crippen LogP contribution < -0.4 is 10.6 Å². The van der Waals surface area contributed by atoms with Crippen LogP contribution in [0.2, 0.25) is 0 Å². The van der Waals surface area contributed by atoms with E-state index in [1.54, 1.807) is 6.07 Å². The van der Waals surface area contributed by atoms with Gasteiger partial charge in [-0.2, -0.15) is 0 Å². The number of aromatic amines is 1. The lowest BCUT2D eigenvalue weighted by Gasteiger charge is -2.20. The van der Waals surface area contributed by atoms with Crippen LogP contribution >= 0.6 is 0 Å². The number of hydrogen-bond donors (Lipinski definition) is 3. The van der Waals surface area contributed by atoms with Crippen LogP contribution in [-0.4, -0.2) is 33.9 Å². The molecule has 3 rings (SSSR count). The van der Waals surface area contributed by atoms with Crippen molar-refractivity contribution < 1.29 is 9.59 Å². The van der Waals surface area contributed by atoms with Crippen molar-refractivity contribution in [1.82, 2.24) is 20.6 Å². The molecule has 0 aliphatic rings. The van der Waals surface area contributed by atoms with Crippen LogP contribution in [0.15, 0.2) is 48.8 Å². The van der Waals surface area contributed by atoms with Crippen LogP contribution in [0.3, 0.4) is 0 Å². The van der Waals surface area contributed by atoms with Crippen molar-refractivity contribution in [3.05, 3.63) is 65.6 Å². The zero-order chi connectivity index (χ0) is 19.4. The van der Waals surface area contributed by atoms with Crippen molar-refractivity contribution in [1.29, 1.82) is 0 Å². The minimum atomic E-state index is -0.365. The number of pyridine rings is 1. The summed E-state index contributed by atoms with van der Waals surface area (Å²) >= 11 is 0. The van der Waals surface area contributed by atoms with E-state index in [0.29, 0.717) is 12.1 Å². The Morgan fingerprint density at radius 3 is 2.67 bits per heavy atom. The molecule has 2 heterocycles. The highest BCUT2D eigenvalue weighted by atomic mass is 16.2. The third kappa shape index (κ3) is 4.73. The first-order chi connectivity index (χ1) is 12.8. The first-order valence-electron chi connectivity index (χ1n) is 8.95.